The van der Waals surface area contributed by atoms with Crippen molar-refractivity contribution in [2.75, 3.05) is 6.54 Å². The highest BCUT2D eigenvalue weighted by atomic mass is 35.5. The molecule has 0 saturated carbocycles. The number of benzene rings is 1. The summed E-state index contributed by atoms with van der Waals surface area (Å²) >= 11 is 7.10. The van der Waals surface area contributed by atoms with Gasteiger partial charge >= 0.3 is 0 Å². The Labute approximate surface area is 125 Å². The molecule has 0 saturated heterocycles. The molecule has 1 aromatic heterocycles. The van der Waals surface area contributed by atoms with Gasteiger partial charge in [-0.05, 0) is 36.6 Å². The van der Waals surface area contributed by atoms with Crippen LogP contribution in [0.25, 0.3) is 0 Å². The van der Waals surface area contributed by atoms with Gasteiger partial charge in [-0.2, -0.15) is 0 Å². The third-order valence-electron chi connectivity index (χ3n) is 3.32. The standard InChI is InChI=1S/C15H12ClNO2S/c16-13-6-5-12(20-13)14(18)10-4-3-9-2-1-7-17-15(19)11(9)8-10/h3-6,8H,1-2,7H2,(H,17,19). The van der Waals surface area contributed by atoms with Crippen LogP contribution in [0.15, 0.2) is 30.3 Å². The van der Waals surface area contributed by atoms with Gasteiger partial charge in [-0.3, -0.25) is 9.59 Å². The molecular formula is C15H12ClNO2S. The SMILES string of the molecule is O=C(c1ccc2c(c1)C(=O)NCCC2)c1ccc(Cl)s1. The van der Waals surface area contributed by atoms with E-state index in [-0.39, 0.29) is 11.7 Å². The van der Waals surface area contributed by atoms with Gasteiger partial charge in [-0.15, -0.1) is 11.3 Å². The monoisotopic (exact) mass is 305 g/mol. The number of nitrogens with one attached hydrogen (secondary N) is 1. The molecule has 0 fully saturated rings. The highest BCUT2D eigenvalue weighted by Crippen LogP contribution is 2.25. The van der Waals surface area contributed by atoms with E-state index in [1.54, 1.807) is 24.3 Å². The molecule has 0 aliphatic carbocycles. The molecule has 5 heteroatoms. The van der Waals surface area contributed by atoms with Crippen LogP contribution < -0.4 is 5.32 Å². The first kappa shape index (κ1) is 13.3. The first-order chi connectivity index (χ1) is 9.65. The normalized spacial score (nSPS) is 14.3. The molecule has 2 heterocycles. The van der Waals surface area contributed by atoms with Crippen LogP contribution in [0.3, 0.4) is 0 Å². The summed E-state index contributed by atoms with van der Waals surface area (Å²) in [5.74, 6) is -0.196. The number of carbonyl (C=O) groups is 2. The van der Waals surface area contributed by atoms with Gasteiger partial charge in [0.25, 0.3) is 5.91 Å². The minimum absolute atomic E-state index is 0.0956. The second-order valence-electron chi connectivity index (χ2n) is 4.66. The second-order valence-corrected chi connectivity index (χ2v) is 6.38. The molecule has 1 N–H and O–H groups in total. The lowest BCUT2D eigenvalue weighted by Crippen LogP contribution is -2.22. The molecule has 0 unspecified atom stereocenters. The molecule has 1 aromatic carbocycles. The molecule has 0 bridgehead atoms. The highest BCUT2D eigenvalue weighted by molar-refractivity contribution is 7.18. The summed E-state index contributed by atoms with van der Waals surface area (Å²) in [5.41, 5.74) is 2.14. The Balaban J connectivity index is 1.99. The van der Waals surface area contributed by atoms with Gasteiger partial charge in [0.05, 0.1) is 9.21 Å². The zero-order valence-corrected chi connectivity index (χ0v) is 12.2. The van der Waals surface area contributed by atoms with Crippen molar-refractivity contribution in [3.8, 4) is 0 Å². The Morgan fingerprint density at radius 1 is 1.25 bits per heavy atom. The lowest BCUT2D eigenvalue weighted by atomic mass is 9.98. The number of thiophene rings is 1. The number of aryl methyl sites for hydroxylation is 1. The number of ketones is 1. The molecule has 20 heavy (non-hydrogen) atoms. The quantitative estimate of drug-likeness (QED) is 0.865. The number of hydrogen-bond donors (Lipinski definition) is 1. The van der Waals surface area contributed by atoms with Crippen LogP contribution in [-0.2, 0) is 6.42 Å². The van der Waals surface area contributed by atoms with Crippen LogP contribution >= 0.6 is 22.9 Å². The summed E-state index contributed by atoms with van der Waals surface area (Å²) in [6.07, 6.45) is 1.78. The first-order valence-corrected chi connectivity index (χ1v) is 7.56. The predicted molar refractivity (Wildman–Crippen MR) is 79.9 cm³/mol. The smallest absolute Gasteiger partial charge is 0.251 e. The Kier molecular flexibility index (Phi) is 3.59. The number of carbonyl (C=O) groups excluding carboxylic acids is 2. The fourth-order valence-corrected chi connectivity index (χ4v) is 3.31. The van der Waals surface area contributed by atoms with Crippen molar-refractivity contribution in [2.45, 2.75) is 12.8 Å². The number of fused-ring (bicyclic) bond motifs is 1. The van der Waals surface area contributed by atoms with Gasteiger partial charge in [0.2, 0.25) is 5.78 Å². The average molecular weight is 306 g/mol. The second kappa shape index (κ2) is 5.38. The van der Waals surface area contributed by atoms with E-state index in [1.807, 2.05) is 6.07 Å². The summed E-state index contributed by atoms with van der Waals surface area (Å²) in [6.45, 7) is 0.678. The number of amides is 1. The van der Waals surface area contributed by atoms with Gasteiger partial charge in [-0.1, -0.05) is 23.7 Å². The molecule has 2 aromatic rings. The van der Waals surface area contributed by atoms with Crippen molar-refractivity contribution in [2.24, 2.45) is 0 Å². The van der Waals surface area contributed by atoms with E-state index in [1.165, 1.54) is 11.3 Å². The largest absolute Gasteiger partial charge is 0.352 e. The Bertz CT molecular complexity index is 693. The molecule has 0 atom stereocenters. The van der Waals surface area contributed by atoms with Crippen molar-refractivity contribution in [1.29, 1.82) is 0 Å². The molecular weight excluding hydrogens is 294 g/mol. The molecule has 3 rings (SSSR count). The molecule has 0 radical (unpaired) electrons. The summed E-state index contributed by atoms with van der Waals surface area (Å²) in [5, 5.41) is 2.84. The van der Waals surface area contributed by atoms with E-state index in [2.05, 4.69) is 5.32 Å². The number of hydrogen-bond acceptors (Lipinski definition) is 3. The van der Waals surface area contributed by atoms with Gasteiger partial charge in [-0.25, -0.2) is 0 Å². The Morgan fingerprint density at radius 3 is 2.85 bits per heavy atom. The Hall–Kier alpha value is -1.65. The highest BCUT2D eigenvalue weighted by Gasteiger charge is 2.18. The molecule has 1 amide bonds. The summed E-state index contributed by atoms with van der Waals surface area (Å²) < 4.78 is 0.584. The molecule has 3 nitrogen and oxygen atoms in total. The third-order valence-corrected chi connectivity index (χ3v) is 4.55. The summed E-state index contributed by atoms with van der Waals surface area (Å²) in [6, 6.07) is 8.76. The van der Waals surface area contributed by atoms with Crippen LogP contribution in [0.1, 0.15) is 37.6 Å². The minimum atomic E-state index is -0.101. The summed E-state index contributed by atoms with van der Waals surface area (Å²) in [7, 11) is 0. The van der Waals surface area contributed by atoms with Crippen molar-refractivity contribution >= 4 is 34.6 Å². The fourth-order valence-electron chi connectivity index (χ4n) is 2.30. The van der Waals surface area contributed by atoms with Gasteiger partial charge in [0.1, 0.15) is 0 Å². The topological polar surface area (TPSA) is 46.2 Å². The zero-order chi connectivity index (χ0) is 14.1. The maximum atomic E-state index is 12.4. The van der Waals surface area contributed by atoms with Crippen LogP contribution in [-0.4, -0.2) is 18.2 Å². The maximum absolute atomic E-state index is 12.4. The third kappa shape index (κ3) is 2.49. The minimum Gasteiger partial charge on any atom is -0.352 e. The van der Waals surface area contributed by atoms with Crippen LogP contribution in [0.5, 0.6) is 0 Å². The van der Waals surface area contributed by atoms with Gasteiger partial charge < -0.3 is 5.32 Å². The summed E-state index contributed by atoms with van der Waals surface area (Å²) in [4.78, 5) is 24.9. The fraction of sp³-hybridized carbons (Fsp3) is 0.200. The van der Waals surface area contributed by atoms with Crippen LogP contribution in [0.2, 0.25) is 4.34 Å². The maximum Gasteiger partial charge on any atom is 0.251 e. The molecule has 1 aliphatic rings. The van der Waals surface area contributed by atoms with Crippen molar-refractivity contribution in [3.63, 3.8) is 0 Å². The van der Waals surface area contributed by atoms with E-state index < -0.39 is 0 Å². The Morgan fingerprint density at radius 2 is 2.10 bits per heavy atom. The van der Waals surface area contributed by atoms with E-state index in [0.717, 1.165) is 18.4 Å². The lowest BCUT2D eigenvalue weighted by Gasteiger charge is -2.06. The zero-order valence-electron chi connectivity index (χ0n) is 10.6. The van der Waals surface area contributed by atoms with Crippen LogP contribution in [0, 0.1) is 0 Å². The van der Waals surface area contributed by atoms with Crippen molar-refractivity contribution < 1.29 is 9.59 Å². The first-order valence-electron chi connectivity index (χ1n) is 6.36. The van der Waals surface area contributed by atoms with E-state index in [4.69, 9.17) is 11.6 Å². The van der Waals surface area contributed by atoms with Crippen LogP contribution in [0.4, 0.5) is 0 Å². The number of halogens is 1. The predicted octanol–water partition coefficient (Wildman–Crippen LogP) is 3.31. The lowest BCUT2D eigenvalue weighted by molar-refractivity contribution is 0.0956. The van der Waals surface area contributed by atoms with Crippen molar-refractivity contribution in [1.82, 2.24) is 5.32 Å². The molecule has 102 valence electrons. The van der Waals surface area contributed by atoms with E-state index >= 15 is 0 Å². The average Bonchev–Trinajstić information content (AvgIpc) is 2.80. The van der Waals surface area contributed by atoms with Gasteiger partial charge in [0.15, 0.2) is 0 Å². The van der Waals surface area contributed by atoms with E-state index in [9.17, 15) is 9.59 Å². The van der Waals surface area contributed by atoms with E-state index in [0.29, 0.717) is 26.9 Å². The molecule has 1 aliphatic heterocycles. The molecule has 0 spiro atoms. The van der Waals surface area contributed by atoms with Crippen molar-refractivity contribution in [3.05, 3.63) is 56.2 Å². The van der Waals surface area contributed by atoms with Gasteiger partial charge in [0, 0.05) is 17.7 Å². The number of rotatable bonds is 2.